The Hall–Kier alpha value is -3.46. The molecule has 4 heterocycles. The van der Waals surface area contributed by atoms with Crippen molar-refractivity contribution in [2.45, 2.75) is 25.2 Å². The van der Waals surface area contributed by atoms with Gasteiger partial charge in [0.2, 0.25) is 0 Å². The molecular formula is C33H36ClN3O5. The first-order valence-corrected chi connectivity index (χ1v) is 15.3. The predicted octanol–water partition coefficient (Wildman–Crippen LogP) is 5.90. The molecule has 0 bridgehead atoms. The first-order chi connectivity index (χ1) is 20.5. The lowest BCUT2D eigenvalue weighted by atomic mass is 9.78. The lowest BCUT2D eigenvalue weighted by Crippen LogP contribution is -2.42. The summed E-state index contributed by atoms with van der Waals surface area (Å²) in [5, 5.41) is 13.3. The van der Waals surface area contributed by atoms with Crippen LogP contribution in [0.15, 0.2) is 48.5 Å². The minimum atomic E-state index is -0.174. The number of amides is 1. The molecule has 8 nitrogen and oxygen atoms in total. The van der Waals surface area contributed by atoms with E-state index in [0.29, 0.717) is 47.3 Å². The molecule has 0 radical (unpaired) electrons. The summed E-state index contributed by atoms with van der Waals surface area (Å²) in [5.41, 5.74) is 3.34. The smallest absolute Gasteiger partial charge is 0.274 e. The van der Waals surface area contributed by atoms with Gasteiger partial charge in [0.25, 0.3) is 5.91 Å². The largest absolute Gasteiger partial charge is 0.507 e. The Balaban J connectivity index is 1.09. The third kappa shape index (κ3) is 4.75. The van der Waals surface area contributed by atoms with Gasteiger partial charge in [-0.15, -0.1) is 11.6 Å². The van der Waals surface area contributed by atoms with Crippen molar-refractivity contribution in [2.24, 2.45) is 5.41 Å². The van der Waals surface area contributed by atoms with Crippen LogP contribution in [-0.4, -0.2) is 79.9 Å². The summed E-state index contributed by atoms with van der Waals surface area (Å²) >= 11 is 6.38. The summed E-state index contributed by atoms with van der Waals surface area (Å²) in [6.07, 6.45) is 3.56. The van der Waals surface area contributed by atoms with E-state index in [-0.39, 0.29) is 17.6 Å². The molecule has 3 aliphatic rings. The molecule has 0 unspecified atom stereocenters. The number of nitrogens with zero attached hydrogens (tertiary/aromatic N) is 2. The van der Waals surface area contributed by atoms with Gasteiger partial charge >= 0.3 is 0 Å². The highest BCUT2D eigenvalue weighted by Gasteiger charge is 2.38. The number of H-pyrrole nitrogens is 1. The Bertz CT molecular complexity index is 1640. The number of hydrogen-bond donors (Lipinski definition) is 2. The summed E-state index contributed by atoms with van der Waals surface area (Å²) in [7, 11) is 1.63. The van der Waals surface area contributed by atoms with Crippen molar-refractivity contribution in [1.82, 2.24) is 9.88 Å². The number of aromatic hydroxyl groups is 1. The van der Waals surface area contributed by atoms with Gasteiger partial charge in [0.1, 0.15) is 18.1 Å². The second-order valence-corrected chi connectivity index (χ2v) is 12.2. The van der Waals surface area contributed by atoms with E-state index in [0.717, 1.165) is 60.1 Å². The van der Waals surface area contributed by atoms with E-state index in [9.17, 15) is 9.90 Å². The van der Waals surface area contributed by atoms with Crippen molar-refractivity contribution in [3.8, 4) is 17.2 Å². The van der Waals surface area contributed by atoms with Gasteiger partial charge in [0.15, 0.2) is 11.5 Å². The van der Waals surface area contributed by atoms with Gasteiger partial charge in [-0.05, 0) is 60.8 Å². The normalized spacial score (nSPS) is 20.0. The summed E-state index contributed by atoms with van der Waals surface area (Å²) in [6.45, 7) is 5.82. The Labute approximate surface area is 250 Å². The number of alkyl halides is 1. The zero-order valence-corrected chi connectivity index (χ0v) is 24.6. The number of phenolic OH excluding ortho intramolecular Hbond substituents is 1. The number of anilines is 1. The van der Waals surface area contributed by atoms with E-state index in [2.05, 4.69) is 9.88 Å². The maximum atomic E-state index is 13.9. The highest BCUT2D eigenvalue weighted by molar-refractivity contribution is 6.19. The Morgan fingerprint density at radius 2 is 1.93 bits per heavy atom. The van der Waals surface area contributed by atoms with Gasteiger partial charge < -0.3 is 29.2 Å². The van der Waals surface area contributed by atoms with Crippen LogP contribution in [0.2, 0.25) is 0 Å². The molecule has 4 aromatic rings. The predicted molar refractivity (Wildman–Crippen MR) is 165 cm³/mol. The van der Waals surface area contributed by atoms with Crippen molar-refractivity contribution in [3.05, 3.63) is 59.8 Å². The highest BCUT2D eigenvalue weighted by atomic mass is 35.5. The summed E-state index contributed by atoms with van der Waals surface area (Å²) < 4.78 is 17.5. The SMILES string of the molecule is COc1cc2[nH]c(C(=O)N3C[C@@H](CCl)c4c3cc(O)c3ccccc43)cc2cc1OCCN1CCC2(CCOC2)CC1. The molecule has 1 aromatic heterocycles. The van der Waals surface area contributed by atoms with Crippen LogP contribution >= 0.6 is 11.6 Å². The van der Waals surface area contributed by atoms with Crippen molar-refractivity contribution < 1.29 is 24.1 Å². The molecule has 3 aromatic carbocycles. The first-order valence-electron chi connectivity index (χ1n) is 14.7. The zero-order chi connectivity index (χ0) is 28.8. The van der Waals surface area contributed by atoms with Crippen LogP contribution < -0.4 is 14.4 Å². The van der Waals surface area contributed by atoms with Crippen LogP contribution in [0.25, 0.3) is 21.7 Å². The third-order valence-corrected chi connectivity index (χ3v) is 9.85. The Morgan fingerprint density at radius 1 is 1.12 bits per heavy atom. The highest BCUT2D eigenvalue weighted by Crippen LogP contribution is 2.46. The molecule has 3 aliphatic heterocycles. The molecule has 2 fully saturated rings. The van der Waals surface area contributed by atoms with Gasteiger partial charge in [0.05, 0.1) is 19.4 Å². The minimum absolute atomic E-state index is 0.0301. The number of fused-ring (bicyclic) bond motifs is 4. The molecule has 1 atom stereocenters. The lowest BCUT2D eigenvalue weighted by molar-refractivity contribution is 0.0735. The fourth-order valence-corrected chi connectivity index (χ4v) is 7.25. The van der Waals surface area contributed by atoms with Crippen molar-refractivity contribution >= 4 is 44.9 Å². The van der Waals surface area contributed by atoms with Crippen molar-refractivity contribution in [1.29, 1.82) is 0 Å². The number of rotatable bonds is 7. The first kappa shape index (κ1) is 27.4. The maximum absolute atomic E-state index is 13.9. The average Bonchev–Trinajstić information content (AvgIpc) is 3.74. The van der Waals surface area contributed by atoms with Gasteiger partial charge in [-0.25, -0.2) is 0 Å². The summed E-state index contributed by atoms with van der Waals surface area (Å²) in [4.78, 5) is 21.3. The minimum Gasteiger partial charge on any atom is -0.507 e. The number of aromatic amines is 1. The van der Waals surface area contributed by atoms with E-state index in [1.54, 1.807) is 18.1 Å². The monoisotopic (exact) mass is 589 g/mol. The molecule has 42 heavy (non-hydrogen) atoms. The van der Waals surface area contributed by atoms with Crippen LogP contribution in [-0.2, 0) is 4.74 Å². The van der Waals surface area contributed by atoms with E-state index in [1.165, 1.54) is 19.3 Å². The summed E-state index contributed by atoms with van der Waals surface area (Å²) in [5.74, 6) is 1.60. The number of ether oxygens (including phenoxy) is 3. The number of piperidine rings is 1. The second-order valence-electron chi connectivity index (χ2n) is 11.9. The van der Waals surface area contributed by atoms with E-state index in [1.807, 2.05) is 42.5 Å². The molecule has 1 spiro atoms. The second kappa shape index (κ2) is 11.0. The number of carbonyl (C=O) groups excluding carboxylic acids is 1. The molecule has 220 valence electrons. The number of nitrogens with one attached hydrogen (secondary N) is 1. The molecule has 1 amide bonds. The van der Waals surface area contributed by atoms with E-state index < -0.39 is 0 Å². The number of halogens is 1. The topological polar surface area (TPSA) is 87.3 Å². The number of likely N-dealkylation sites (tertiary alicyclic amines) is 1. The molecule has 9 heteroatoms. The van der Waals surface area contributed by atoms with Crippen molar-refractivity contribution in [3.63, 3.8) is 0 Å². The van der Waals surface area contributed by atoms with Crippen LogP contribution in [0.3, 0.4) is 0 Å². The fourth-order valence-electron chi connectivity index (χ4n) is 7.00. The van der Waals surface area contributed by atoms with Gasteiger partial charge in [-0.2, -0.15) is 0 Å². The van der Waals surface area contributed by atoms with Crippen LogP contribution in [0.1, 0.15) is 41.2 Å². The zero-order valence-electron chi connectivity index (χ0n) is 23.8. The van der Waals surface area contributed by atoms with Gasteiger partial charge in [0, 0.05) is 59.9 Å². The van der Waals surface area contributed by atoms with Crippen LogP contribution in [0.4, 0.5) is 5.69 Å². The quantitative estimate of drug-likeness (QED) is 0.261. The van der Waals surface area contributed by atoms with Crippen molar-refractivity contribution in [2.75, 3.05) is 63.9 Å². The van der Waals surface area contributed by atoms with Gasteiger partial charge in [-0.1, -0.05) is 24.3 Å². The molecule has 0 aliphatic carbocycles. The van der Waals surface area contributed by atoms with Gasteiger partial charge in [-0.3, -0.25) is 9.69 Å². The maximum Gasteiger partial charge on any atom is 0.274 e. The Morgan fingerprint density at radius 3 is 2.67 bits per heavy atom. The number of phenols is 1. The van der Waals surface area contributed by atoms with Crippen LogP contribution in [0, 0.1) is 5.41 Å². The summed E-state index contributed by atoms with van der Waals surface area (Å²) in [6, 6.07) is 15.1. The fraction of sp³-hybridized carbons (Fsp3) is 0.424. The molecule has 0 saturated carbocycles. The number of hydrogen-bond acceptors (Lipinski definition) is 6. The number of aromatic nitrogens is 1. The number of benzene rings is 3. The molecular weight excluding hydrogens is 554 g/mol. The van der Waals surface area contributed by atoms with E-state index >= 15 is 0 Å². The van der Waals surface area contributed by atoms with Crippen LogP contribution in [0.5, 0.6) is 17.2 Å². The number of carbonyl (C=O) groups is 1. The molecule has 2 N–H and O–H groups in total. The molecule has 2 saturated heterocycles. The molecule has 7 rings (SSSR count). The Kier molecular flexibility index (Phi) is 7.16. The average molecular weight is 590 g/mol. The van der Waals surface area contributed by atoms with E-state index in [4.69, 9.17) is 25.8 Å². The number of methoxy groups -OCH3 is 1. The third-order valence-electron chi connectivity index (χ3n) is 9.48. The lowest BCUT2D eigenvalue weighted by Gasteiger charge is -2.38. The standard InChI is InChI=1S/C33H36ClN3O5/c1-40-29-16-25-21(15-30(29)42-13-11-36-9-6-33(7-10-36)8-12-41-20-33)14-26(35-25)32(39)37-19-22(18-34)31-24-5-3-2-4-23(24)28(38)17-27(31)37/h2-5,14-17,22,35,38H,6-13,18-20H2,1H3/t22-/m1/s1.